The number of hydrogen-bond donors (Lipinski definition) is 1. The van der Waals surface area contributed by atoms with Gasteiger partial charge in [0.05, 0.1) is 12.0 Å². The van der Waals surface area contributed by atoms with Gasteiger partial charge in [-0.2, -0.15) is 0 Å². The molecule has 25 heavy (non-hydrogen) atoms. The topological polar surface area (TPSA) is 47.0 Å². The first-order valence-corrected chi connectivity index (χ1v) is 9.20. The molecule has 1 aromatic carbocycles. The standard InChI is InChI=1S/C20H33N3O2/c1-20(25,17-8-6-5-7-9-17)16-19(24)23(4)15-14-22(3)18-10-12-21(2)13-11-18/h5-9,18,25H,10-16H2,1-4H3. The van der Waals surface area contributed by atoms with Gasteiger partial charge < -0.3 is 19.8 Å². The Balaban J connectivity index is 1.80. The van der Waals surface area contributed by atoms with Crippen molar-refractivity contribution in [1.82, 2.24) is 14.7 Å². The van der Waals surface area contributed by atoms with Gasteiger partial charge in [0.2, 0.25) is 5.91 Å². The SMILES string of the molecule is CN1CCC(N(C)CCN(C)C(=O)CC(C)(O)c2ccccc2)CC1. The second-order valence-corrected chi connectivity index (χ2v) is 7.65. The lowest BCUT2D eigenvalue weighted by atomic mass is 9.92. The van der Waals surface area contributed by atoms with Crippen molar-refractivity contribution in [3.05, 3.63) is 35.9 Å². The van der Waals surface area contributed by atoms with Gasteiger partial charge in [-0.15, -0.1) is 0 Å². The van der Waals surface area contributed by atoms with Crippen LogP contribution >= 0.6 is 0 Å². The number of likely N-dealkylation sites (N-methyl/N-ethyl adjacent to an activating group) is 2. The van der Waals surface area contributed by atoms with Gasteiger partial charge in [-0.3, -0.25) is 4.79 Å². The molecule has 2 rings (SSSR count). The minimum absolute atomic E-state index is 0.0226. The quantitative estimate of drug-likeness (QED) is 0.817. The summed E-state index contributed by atoms with van der Waals surface area (Å²) in [6.45, 7) is 5.54. The van der Waals surface area contributed by atoms with Crippen molar-refractivity contribution in [2.75, 3.05) is 47.3 Å². The average molecular weight is 348 g/mol. The summed E-state index contributed by atoms with van der Waals surface area (Å²) in [6.07, 6.45) is 2.48. The minimum atomic E-state index is -1.13. The second-order valence-electron chi connectivity index (χ2n) is 7.65. The lowest BCUT2D eigenvalue weighted by molar-refractivity contribution is -0.135. The molecule has 0 aromatic heterocycles. The zero-order valence-electron chi connectivity index (χ0n) is 16.1. The molecule has 1 aromatic rings. The van der Waals surface area contributed by atoms with Gasteiger partial charge >= 0.3 is 0 Å². The fourth-order valence-corrected chi connectivity index (χ4v) is 3.38. The first-order valence-electron chi connectivity index (χ1n) is 9.20. The molecule has 0 saturated carbocycles. The van der Waals surface area contributed by atoms with Crippen LogP contribution in [0.25, 0.3) is 0 Å². The van der Waals surface area contributed by atoms with Gasteiger partial charge in [0, 0.05) is 26.2 Å². The molecule has 1 unspecified atom stereocenters. The van der Waals surface area contributed by atoms with Crippen molar-refractivity contribution in [2.45, 2.75) is 37.8 Å². The summed E-state index contributed by atoms with van der Waals surface area (Å²) in [5.74, 6) is -0.0226. The van der Waals surface area contributed by atoms with E-state index < -0.39 is 5.60 Å². The van der Waals surface area contributed by atoms with Crippen LogP contribution in [0.3, 0.4) is 0 Å². The second kappa shape index (κ2) is 8.79. The van der Waals surface area contributed by atoms with Crippen LogP contribution in [0, 0.1) is 0 Å². The maximum Gasteiger partial charge on any atom is 0.225 e. The number of carbonyl (C=O) groups excluding carboxylic acids is 1. The summed E-state index contributed by atoms with van der Waals surface area (Å²) in [5.41, 5.74) is -0.355. The normalized spacial score (nSPS) is 19.0. The number of aliphatic hydroxyl groups is 1. The zero-order chi connectivity index (χ0) is 18.4. The summed E-state index contributed by atoms with van der Waals surface area (Å²) < 4.78 is 0. The lowest BCUT2D eigenvalue weighted by Gasteiger charge is -2.36. The summed E-state index contributed by atoms with van der Waals surface area (Å²) in [5, 5.41) is 10.6. The van der Waals surface area contributed by atoms with Crippen LogP contribution in [-0.2, 0) is 10.4 Å². The first-order chi connectivity index (χ1) is 11.8. The number of amides is 1. The molecule has 5 heteroatoms. The Morgan fingerprint density at radius 3 is 2.40 bits per heavy atom. The summed E-state index contributed by atoms with van der Waals surface area (Å²) in [4.78, 5) is 19.0. The van der Waals surface area contributed by atoms with Gasteiger partial charge in [-0.05, 0) is 52.5 Å². The van der Waals surface area contributed by atoms with Crippen LogP contribution in [0.1, 0.15) is 31.7 Å². The molecule has 1 amide bonds. The fourth-order valence-electron chi connectivity index (χ4n) is 3.38. The molecule has 0 spiro atoms. The third-order valence-electron chi connectivity index (χ3n) is 5.42. The molecule has 1 aliphatic rings. The monoisotopic (exact) mass is 347 g/mol. The van der Waals surface area contributed by atoms with Crippen molar-refractivity contribution in [3.8, 4) is 0 Å². The molecule has 1 aliphatic heterocycles. The van der Waals surface area contributed by atoms with E-state index in [2.05, 4.69) is 23.9 Å². The average Bonchev–Trinajstić information content (AvgIpc) is 2.60. The molecule has 1 atom stereocenters. The first kappa shape index (κ1) is 19.9. The highest BCUT2D eigenvalue weighted by Gasteiger charge is 2.28. The van der Waals surface area contributed by atoms with E-state index in [4.69, 9.17) is 0 Å². The van der Waals surface area contributed by atoms with Crippen LogP contribution in [0.15, 0.2) is 30.3 Å². The van der Waals surface area contributed by atoms with Gasteiger partial charge in [-0.1, -0.05) is 30.3 Å². The minimum Gasteiger partial charge on any atom is -0.385 e. The Bertz CT molecular complexity index is 539. The Morgan fingerprint density at radius 2 is 1.80 bits per heavy atom. The molecular weight excluding hydrogens is 314 g/mol. The molecule has 5 nitrogen and oxygen atoms in total. The summed E-state index contributed by atoms with van der Waals surface area (Å²) in [7, 11) is 6.14. The smallest absolute Gasteiger partial charge is 0.225 e. The van der Waals surface area contributed by atoms with Crippen molar-refractivity contribution in [3.63, 3.8) is 0 Å². The largest absolute Gasteiger partial charge is 0.385 e. The Kier molecular flexibility index (Phi) is 6.99. The highest BCUT2D eigenvalue weighted by atomic mass is 16.3. The molecular formula is C20H33N3O2. The van der Waals surface area contributed by atoms with Crippen LogP contribution in [0.5, 0.6) is 0 Å². The number of piperidine rings is 1. The van der Waals surface area contributed by atoms with E-state index in [9.17, 15) is 9.90 Å². The van der Waals surface area contributed by atoms with E-state index in [0.717, 1.165) is 25.2 Å². The summed E-state index contributed by atoms with van der Waals surface area (Å²) in [6, 6.07) is 10.0. The van der Waals surface area contributed by atoms with E-state index in [1.807, 2.05) is 37.4 Å². The predicted octanol–water partition coefficient (Wildman–Crippen LogP) is 1.77. The Hall–Kier alpha value is -1.43. The lowest BCUT2D eigenvalue weighted by Crippen LogP contribution is -2.45. The zero-order valence-corrected chi connectivity index (χ0v) is 16.1. The molecule has 1 fully saturated rings. The van der Waals surface area contributed by atoms with Gasteiger partial charge in [0.1, 0.15) is 0 Å². The Labute approximate surface area is 152 Å². The maximum atomic E-state index is 12.5. The van der Waals surface area contributed by atoms with E-state index >= 15 is 0 Å². The molecule has 0 aliphatic carbocycles. The van der Waals surface area contributed by atoms with Crippen LogP contribution in [-0.4, -0.2) is 79.1 Å². The molecule has 1 heterocycles. The van der Waals surface area contributed by atoms with Crippen LogP contribution in [0.4, 0.5) is 0 Å². The number of nitrogens with zero attached hydrogens (tertiary/aromatic N) is 3. The summed E-state index contributed by atoms with van der Waals surface area (Å²) >= 11 is 0. The van der Waals surface area contributed by atoms with E-state index in [1.54, 1.807) is 11.8 Å². The van der Waals surface area contributed by atoms with E-state index in [0.29, 0.717) is 12.6 Å². The van der Waals surface area contributed by atoms with Gasteiger partial charge in [0.25, 0.3) is 0 Å². The third-order valence-corrected chi connectivity index (χ3v) is 5.42. The molecule has 140 valence electrons. The maximum absolute atomic E-state index is 12.5. The van der Waals surface area contributed by atoms with Crippen molar-refractivity contribution in [2.24, 2.45) is 0 Å². The molecule has 0 bridgehead atoms. The number of likely N-dealkylation sites (tertiary alicyclic amines) is 1. The molecule has 0 radical (unpaired) electrons. The van der Waals surface area contributed by atoms with Crippen molar-refractivity contribution in [1.29, 1.82) is 0 Å². The fraction of sp³-hybridized carbons (Fsp3) is 0.650. The third kappa shape index (κ3) is 5.80. The van der Waals surface area contributed by atoms with Crippen LogP contribution in [0.2, 0.25) is 0 Å². The number of hydrogen-bond acceptors (Lipinski definition) is 4. The Morgan fingerprint density at radius 1 is 1.20 bits per heavy atom. The van der Waals surface area contributed by atoms with Gasteiger partial charge in [0.15, 0.2) is 0 Å². The number of carbonyl (C=O) groups is 1. The highest BCUT2D eigenvalue weighted by molar-refractivity contribution is 5.77. The number of rotatable bonds is 7. The molecule has 1 N–H and O–H groups in total. The van der Waals surface area contributed by atoms with E-state index in [1.165, 1.54) is 12.8 Å². The van der Waals surface area contributed by atoms with Crippen LogP contribution < -0.4 is 0 Å². The van der Waals surface area contributed by atoms with Crippen molar-refractivity contribution >= 4 is 5.91 Å². The number of benzene rings is 1. The predicted molar refractivity (Wildman–Crippen MR) is 101 cm³/mol. The van der Waals surface area contributed by atoms with E-state index in [-0.39, 0.29) is 12.3 Å². The van der Waals surface area contributed by atoms with Crippen molar-refractivity contribution < 1.29 is 9.90 Å². The van der Waals surface area contributed by atoms with Gasteiger partial charge in [-0.25, -0.2) is 0 Å². The molecule has 1 saturated heterocycles. The highest BCUT2D eigenvalue weighted by Crippen LogP contribution is 2.24.